The first-order valence-electron chi connectivity index (χ1n) is 9.07. The molecule has 2 aliphatic heterocycles. The Labute approximate surface area is 157 Å². The lowest BCUT2D eigenvalue weighted by Crippen LogP contribution is -2.34. The molecule has 4 rings (SSSR count). The van der Waals surface area contributed by atoms with Crippen LogP contribution in [0.2, 0.25) is 0 Å². The van der Waals surface area contributed by atoms with E-state index in [4.69, 9.17) is 9.47 Å². The van der Waals surface area contributed by atoms with Gasteiger partial charge in [-0.2, -0.15) is 0 Å². The summed E-state index contributed by atoms with van der Waals surface area (Å²) in [7, 11) is 0. The van der Waals surface area contributed by atoms with Gasteiger partial charge in [0.1, 0.15) is 13.2 Å². The van der Waals surface area contributed by atoms with Gasteiger partial charge in [-0.3, -0.25) is 14.6 Å². The van der Waals surface area contributed by atoms with Gasteiger partial charge in [0.05, 0.1) is 5.92 Å². The summed E-state index contributed by atoms with van der Waals surface area (Å²) in [6.07, 6.45) is 4.44. The Bertz CT molecular complexity index is 840. The van der Waals surface area contributed by atoms with Crippen molar-refractivity contribution < 1.29 is 19.1 Å². The van der Waals surface area contributed by atoms with Crippen molar-refractivity contribution in [3.05, 3.63) is 48.3 Å². The second-order valence-corrected chi connectivity index (χ2v) is 6.64. The van der Waals surface area contributed by atoms with Gasteiger partial charge < -0.3 is 19.7 Å². The van der Waals surface area contributed by atoms with Crippen LogP contribution in [-0.2, 0) is 16.0 Å². The molecule has 0 radical (unpaired) electrons. The molecule has 0 bridgehead atoms. The summed E-state index contributed by atoms with van der Waals surface area (Å²) < 4.78 is 11.1. The Morgan fingerprint density at radius 1 is 1.22 bits per heavy atom. The third-order valence-corrected chi connectivity index (χ3v) is 4.77. The van der Waals surface area contributed by atoms with Crippen molar-refractivity contribution in [1.29, 1.82) is 0 Å². The molecule has 140 valence electrons. The van der Waals surface area contributed by atoms with E-state index in [0.29, 0.717) is 44.2 Å². The maximum atomic E-state index is 12.4. The Hall–Kier alpha value is -3.09. The molecule has 2 aliphatic rings. The van der Waals surface area contributed by atoms with Crippen LogP contribution in [0.4, 0.5) is 5.69 Å². The van der Waals surface area contributed by atoms with Crippen LogP contribution in [0.1, 0.15) is 12.0 Å². The first-order chi connectivity index (χ1) is 13.2. The molecule has 1 unspecified atom stereocenters. The summed E-state index contributed by atoms with van der Waals surface area (Å²) in [5.74, 6) is 0.822. The van der Waals surface area contributed by atoms with Crippen LogP contribution < -0.4 is 19.7 Å². The molecule has 3 heterocycles. The number of carbonyl (C=O) groups excluding carboxylic acids is 2. The van der Waals surface area contributed by atoms with Gasteiger partial charge in [0.15, 0.2) is 11.5 Å². The minimum absolute atomic E-state index is 0.0564. The molecule has 0 aliphatic carbocycles. The Kier molecular flexibility index (Phi) is 4.91. The van der Waals surface area contributed by atoms with E-state index in [1.807, 2.05) is 18.2 Å². The number of hydrogen-bond donors (Lipinski definition) is 1. The lowest BCUT2D eigenvalue weighted by molar-refractivity contribution is -0.126. The van der Waals surface area contributed by atoms with Gasteiger partial charge in [-0.1, -0.05) is 6.07 Å². The van der Waals surface area contributed by atoms with E-state index in [1.165, 1.54) is 0 Å². The normalized spacial score (nSPS) is 18.4. The van der Waals surface area contributed by atoms with Gasteiger partial charge in [-0.15, -0.1) is 0 Å². The maximum Gasteiger partial charge on any atom is 0.227 e. The zero-order valence-electron chi connectivity index (χ0n) is 14.9. The number of amides is 2. The smallest absolute Gasteiger partial charge is 0.227 e. The standard InChI is InChI=1S/C20H21N3O4/c24-19-10-15(20(25)22-7-5-14-2-1-6-21-12-14)13-23(19)16-3-4-17-18(11-16)27-9-8-26-17/h1-4,6,11-12,15H,5,7-10,13H2,(H,22,25). The molecular weight excluding hydrogens is 346 g/mol. The predicted molar refractivity (Wildman–Crippen MR) is 98.8 cm³/mol. The number of fused-ring (bicyclic) bond motifs is 1. The van der Waals surface area contributed by atoms with E-state index < -0.39 is 0 Å². The third kappa shape index (κ3) is 3.86. The number of hydrogen-bond acceptors (Lipinski definition) is 5. The molecule has 1 saturated heterocycles. The molecule has 0 saturated carbocycles. The number of pyridine rings is 1. The van der Waals surface area contributed by atoms with E-state index in [2.05, 4.69) is 10.3 Å². The summed E-state index contributed by atoms with van der Waals surface area (Å²) >= 11 is 0. The summed E-state index contributed by atoms with van der Waals surface area (Å²) in [5, 5.41) is 2.93. The molecule has 0 spiro atoms. The predicted octanol–water partition coefficient (Wildman–Crippen LogP) is 1.56. The van der Waals surface area contributed by atoms with Crippen molar-refractivity contribution >= 4 is 17.5 Å². The van der Waals surface area contributed by atoms with Crippen LogP contribution in [0.25, 0.3) is 0 Å². The average Bonchev–Trinajstić information content (AvgIpc) is 3.10. The highest BCUT2D eigenvalue weighted by atomic mass is 16.6. The molecule has 1 N–H and O–H groups in total. The molecule has 1 aromatic carbocycles. The minimum atomic E-state index is -0.348. The molecular formula is C20H21N3O4. The van der Waals surface area contributed by atoms with Crippen LogP contribution in [-0.4, -0.2) is 43.1 Å². The highest BCUT2D eigenvalue weighted by Gasteiger charge is 2.35. The molecule has 7 heteroatoms. The number of anilines is 1. The summed E-state index contributed by atoms with van der Waals surface area (Å²) in [6.45, 7) is 1.92. The van der Waals surface area contributed by atoms with Crippen LogP contribution in [0, 0.1) is 5.92 Å². The zero-order chi connectivity index (χ0) is 18.6. The van der Waals surface area contributed by atoms with E-state index in [1.54, 1.807) is 29.4 Å². The third-order valence-electron chi connectivity index (χ3n) is 4.77. The van der Waals surface area contributed by atoms with Crippen molar-refractivity contribution in [3.63, 3.8) is 0 Å². The van der Waals surface area contributed by atoms with Crippen molar-refractivity contribution in [2.24, 2.45) is 5.92 Å². The number of nitrogens with one attached hydrogen (secondary N) is 1. The Balaban J connectivity index is 1.35. The second kappa shape index (κ2) is 7.65. The fourth-order valence-corrected chi connectivity index (χ4v) is 3.35. The number of ether oxygens (including phenoxy) is 2. The van der Waals surface area contributed by atoms with Crippen LogP contribution in [0.5, 0.6) is 11.5 Å². The van der Waals surface area contributed by atoms with E-state index >= 15 is 0 Å². The first-order valence-corrected chi connectivity index (χ1v) is 9.07. The quantitative estimate of drug-likeness (QED) is 0.868. The van der Waals surface area contributed by atoms with Crippen LogP contribution in [0.15, 0.2) is 42.7 Å². The van der Waals surface area contributed by atoms with Gasteiger partial charge in [0, 0.05) is 43.7 Å². The molecule has 2 aromatic rings. The van der Waals surface area contributed by atoms with Crippen LogP contribution in [0.3, 0.4) is 0 Å². The van der Waals surface area contributed by atoms with E-state index in [9.17, 15) is 9.59 Å². The van der Waals surface area contributed by atoms with Gasteiger partial charge in [-0.25, -0.2) is 0 Å². The van der Waals surface area contributed by atoms with Crippen molar-refractivity contribution in [3.8, 4) is 11.5 Å². The largest absolute Gasteiger partial charge is 0.486 e. The molecule has 7 nitrogen and oxygen atoms in total. The number of benzene rings is 1. The van der Waals surface area contributed by atoms with Gasteiger partial charge in [0.25, 0.3) is 0 Å². The monoisotopic (exact) mass is 367 g/mol. The molecule has 27 heavy (non-hydrogen) atoms. The van der Waals surface area contributed by atoms with Crippen molar-refractivity contribution in [2.75, 3.05) is 31.2 Å². The van der Waals surface area contributed by atoms with Crippen molar-refractivity contribution in [2.45, 2.75) is 12.8 Å². The SMILES string of the molecule is O=C(NCCc1cccnc1)C1CC(=O)N(c2ccc3c(c2)OCCO3)C1. The van der Waals surface area contributed by atoms with Gasteiger partial charge in [-0.05, 0) is 30.2 Å². The first kappa shape index (κ1) is 17.3. The highest BCUT2D eigenvalue weighted by molar-refractivity contribution is 6.00. The fraction of sp³-hybridized carbons (Fsp3) is 0.350. The number of nitrogens with zero attached hydrogens (tertiary/aromatic N) is 2. The van der Waals surface area contributed by atoms with E-state index in [0.717, 1.165) is 11.3 Å². The summed E-state index contributed by atoms with van der Waals surface area (Å²) in [6, 6.07) is 9.28. The zero-order valence-corrected chi connectivity index (χ0v) is 14.9. The van der Waals surface area contributed by atoms with Crippen molar-refractivity contribution in [1.82, 2.24) is 10.3 Å². The summed E-state index contributed by atoms with van der Waals surface area (Å²) in [5.41, 5.74) is 1.80. The molecule has 1 atom stereocenters. The molecule has 2 amide bonds. The Morgan fingerprint density at radius 2 is 2.07 bits per heavy atom. The average molecular weight is 367 g/mol. The summed E-state index contributed by atoms with van der Waals surface area (Å²) in [4.78, 5) is 30.6. The molecule has 1 aromatic heterocycles. The number of aromatic nitrogens is 1. The second-order valence-electron chi connectivity index (χ2n) is 6.64. The van der Waals surface area contributed by atoms with Gasteiger partial charge in [0.2, 0.25) is 11.8 Å². The van der Waals surface area contributed by atoms with E-state index in [-0.39, 0.29) is 24.2 Å². The number of rotatable bonds is 5. The maximum absolute atomic E-state index is 12.4. The van der Waals surface area contributed by atoms with Gasteiger partial charge >= 0.3 is 0 Å². The van der Waals surface area contributed by atoms with Crippen LogP contribution >= 0.6 is 0 Å². The topological polar surface area (TPSA) is 80.8 Å². The number of carbonyl (C=O) groups is 2. The lowest BCUT2D eigenvalue weighted by Gasteiger charge is -2.22. The minimum Gasteiger partial charge on any atom is -0.486 e. The fourth-order valence-electron chi connectivity index (χ4n) is 3.35. The highest BCUT2D eigenvalue weighted by Crippen LogP contribution is 2.35. The Morgan fingerprint density at radius 3 is 2.89 bits per heavy atom. The molecule has 1 fully saturated rings. The lowest BCUT2D eigenvalue weighted by atomic mass is 10.1.